The zero-order valence-electron chi connectivity index (χ0n) is 19.0. The number of amides is 2. The van der Waals surface area contributed by atoms with Crippen LogP contribution >= 0.6 is 0 Å². The van der Waals surface area contributed by atoms with E-state index in [0.717, 1.165) is 5.82 Å². The molecule has 2 aliphatic heterocycles. The number of pyridine rings is 1. The topological polar surface area (TPSA) is 66.0 Å². The summed E-state index contributed by atoms with van der Waals surface area (Å²) in [6.45, 7) is 7.18. The fourth-order valence-corrected chi connectivity index (χ4v) is 4.18. The number of ether oxygens (including phenoxy) is 1. The predicted octanol–water partition coefficient (Wildman–Crippen LogP) is 2.94. The zero-order chi connectivity index (χ0) is 23.4. The van der Waals surface area contributed by atoms with E-state index in [-0.39, 0.29) is 30.3 Å². The van der Waals surface area contributed by atoms with E-state index < -0.39 is 0 Å². The third kappa shape index (κ3) is 5.06. The Morgan fingerprint density at radius 2 is 1.67 bits per heavy atom. The molecular weight excluding hydrogens is 423 g/mol. The number of imide groups is 1. The largest absolute Gasteiger partial charge is 0.379 e. The Morgan fingerprint density at radius 1 is 0.970 bits per heavy atom. The van der Waals surface area contributed by atoms with E-state index in [2.05, 4.69) is 9.88 Å². The molecule has 2 aromatic rings. The van der Waals surface area contributed by atoms with E-state index in [1.165, 1.54) is 17.0 Å². The summed E-state index contributed by atoms with van der Waals surface area (Å²) >= 11 is 0. The first-order valence-electron chi connectivity index (χ1n) is 11.3. The van der Waals surface area contributed by atoms with Gasteiger partial charge in [-0.1, -0.05) is 18.2 Å². The van der Waals surface area contributed by atoms with Gasteiger partial charge < -0.3 is 14.5 Å². The van der Waals surface area contributed by atoms with Gasteiger partial charge in [-0.2, -0.15) is 0 Å². The smallest absolute Gasteiger partial charge is 0.277 e. The maximum Gasteiger partial charge on any atom is 0.277 e. The third-order valence-corrected chi connectivity index (χ3v) is 5.82. The highest BCUT2D eigenvalue weighted by Crippen LogP contribution is 2.32. The number of halogens is 1. The van der Waals surface area contributed by atoms with Crippen molar-refractivity contribution >= 4 is 23.2 Å². The van der Waals surface area contributed by atoms with Gasteiger partial charge in [-0.15, -0.1) is 0 Å². The average Bonchev–Trinajstić information content (AvgIpc) is 3.07. The molecule has 0 atom stereocenters. The SMILES string of the molecule is CC(C)OCCCN1C(=O)C(c2ccc(F)cc2)=C(N2CCN(c3ccccn3)CC2)C1=O. The summed E-state index contributed by atoms with van der Waals surface area (Å²) in [6, 6.07) is 11.5. The molecule has 0 N–H and O–H groups in total. The summed E-state index contributed by atoms with van der Waals surface area (Å²) in [7, 11) is 0. The molecular formula is C25H29FN4O3. The molecule has 8 heteroatoms. The zero-order valence-corrected chi connectivity index (χ0v) is 19.0. The molecule has 1 aromatic carbocycles. The van der Waals surface area contributed by atoms with Gasteiger partial charge in [0, 0.05) is 45.5 Å². The van der Waals surface area contributed by atoms with Crippen molar-refractivity contribution in [1.82, 2.24) is 14.8 Å². The van der Waals surface area contributed by atoms with Gasteiger partial charge in [-0.05, 0) is 50.1 Å². The van der Waals surface area contributed by atoms with Crippen LogP contribution in [-0.4, -0.2) is 72.0 Å². The Hall–Kier alpha value is -3.26. The fourth-order valence-electron chi connectivity index (χ4n) is 4.18. The summed E-state index contributed by atoms with van der Waals surface area (Å²) in [5, 5.41) is 0. The van der Waals surface area contributed by atoms with Crippen LogP contribution in [0.1, 0.15) is 25.8 Å². The minimum atomic E-state index is -0.385. The third-order valence-electron chi connectivity index (χ3n) is 5.82. The van der Waals surface area contributed by atoms with Crippen LogP contribution in [0.2, 0.25) is 0 Å². The Bertz CT molecular complexity index is 1020. The average molecular weight is 453 g/mol. The van der Waals surface area contributed by atoms with Gasteiger partial charge in [0.25, 0.3) is 11.8 Å². The van der Waals surface area contributed by atoms with Crippen LogP contribution in [0.3, 0.4) is 0 Å². The number of hydrogen-bond donors (Lipinski definition) is 0. The molecule has 1 saturated heterocycles. The van der Waals surface area contributed by atoms with Gasteiger partial charge in [0.15, 0.2) is 0 Å². The molecule has 33 heavy (non-hydrogen) atoms. The van der Waals surface area contributed by atoms with Gasteiger partial charge in [0.1, 0.15) is 17.3 Å². The van der Waals surface area contributed by atoms with E-state index in [1.807, 2.05) is 36.9 Å². The van der Waals surface area contributed by atoms with Gasteiger partial charge in [-0.25, -0.2) is 9.37 Å². The number of anilines is 1. The summed E-state index contributed by atoms with van der Waals surface area (Å²) in [5.74, 6) is -0.122. The molecule has 0 spiro atoms. The molecule has 2 amide bonds. The van der Waals surface area contributed by atoms with Crippen molar-refractivity contribution in [3.63, 3.8) is 0 Å². The molecule has 174 valence electrons. The molecule has 7 nitrogen and oxygen atoms in total. The van der Waals surface area contributed by atoms with Crippen LogP contribution in [0.5, 0.6) is 0 Å². The Balaban J connectivity index is 1.56. The molecule has 0 bridgehead atoms. The second-order valence-corrected chi connectivity index (χ2v) is 8.43. The number of carbonyl (C=O) groups excluding carboxylic acids is 2. The molecule has 1 fully saturated rings. The number of aromatic nitrogens is 1. The Morgan fingerprint density at radius 3 is 2.30 bits per heavy atom. The van der Waals surface area contributed by atoms with E-state index >= 15 is 0 Å². The summed E-state index contributed by atoms with van der Waals surface area (Å²) in [4.78, 5) is 36.6. The van der Waals surface area contributed by atoms with E-state index in [9.17, 15) is 14.0 Å². The maximum absolute atomic E-state index is 13.5. The fraction of sp³-hybridized carbons (Fsp3) is 0.400. The van der Waals surface area contributed by atoms with E-state index in [1.54, 1.807) is 18.3 Å². The van der Waals surface area contributed by atoms with Crippen molar-refractivity contribution in [2.75, 3.05) is 44.2 Å². The maximum atomic E-state index is 13.5. The first-order valence-corrected chi connectivity index (χ1v) is 11.3. The Labute approximate surface area is 193 Å². The minimum Gasteiger partial charge on any atom is -0.379 e. The normalized spacial score (nSPS) is 17.0. The van der Waals surface area contributed by atoms with Crippen LogP contribution < -0.4 is 4.90 Å². The minimum absolute atomic E-state index is 0.0915. The summed E-state index contributed by atoms with van der Waals surface area (Å²) < 4.78 is 19.1. The van der Waals surface area contributed by atoms with Crippen molar-refractivity contribution in [2.45, 2.75) is 26.4 Å². The van der Waals surface area contributed by atoms with Crippen molar-refractivity contribution in [3.05, 3.63) is 65.7 Å². The first-order chi connectivity index (χ1) is 16.0. The van der Waals surface area contributed by atoms with Gasteiger partial charge >= 0.3 is 0 Å². The lowest BCUT2D eigenvalue weighted by molar-refractivity contribution is -0.137. The molecule has 0 aliphatic carbocycles. The van der Waals surface area contributed by atoms with Crippen LogP contribution in [0.25, 0.3) is 5.57 Å². The van der Waals surface area contributed by atoms with Gasteiger partial charge in [0.05, 0.1) is 11.7 Å². The molecule has 2 aliphatic rings. The molecule has 4 rings (SSSR count). The molecule has 0 saturated carbocycles. The number of hydrogen-bond acceptors (Lipinski definition) is 6. The number of benzene rings is 1. The van der Waals surface area contributed by atoms with E-state index in [0.29, 0.717) is 56.0 Å². The predicted molar refractivity (Wildman–Crippen MR) is 124 cm³/mol. The number of piperazine rings is 1. The monoisotopic (exact) mass is 452 g/mol. The number of nitrogens with zero attached hydrogens (tertiary/aromatic N) is 4. The lowest BCUT2D eigenvalue weighted by Gasteiger charge is -2.37. The molecule has 0 radical (unpaired) electrons. The Kier molecular flexibility index (Phi) is 7.03. The second kappa shape index (κ2) is 10.1. The van der Waals surface area contributed by atoms with Crippen LogP contribution in [0.4, 0.5) is 10.2 Å². The molecule has 3 heterocycles. The molecule has 1 aromatic heterocycles. The van der Waals surface area contributed by atoms with Crippen molar-refractivity contribution in [2.24, 2.45) is 0 Å². The van der Waals surface area contributed by atoms with Crippen molar-refractivity contribution in [3.8, 4) is 0 Å². The van der Waals surface area contributed by atoms with Crippen LogP contribution in [0.15, 0.2) is 54.4 Å². The number of rotatable bonds is 8. The number of carbonyl (C=O) groups is 2. The highest BCUT2D eigenvalue weighted by Gasteiger charge is 2.41. The van der Waals surface area contributed by atoms with Crippen molar-refractivity contribution < 1.29 is 18.7 Å². The quantitative estimate of drug-likeness (QED) is 0.453. The molecule has 0 unspecified atom stereocenters. The van der Waals surface area contributed by atoms with Crippen molar-refractivity contribution in [1.29, 1.82) is 0 Å². The first kappa shape index (κ1) is 22.9. The van der Waals surface area contributed by atoms with Gasteiger partial charge in [0.2, 0.25) is 0 Å². The standard InChI is InChI=1S/C25H29FN4O3/c1-18(2)33-17-5-12-30-24(31)22(19-7-9-20(26)10-8-19)23(25(30)32)29-15-13-28(14-16-29)21-6-3-4-11-27-21/h3-4,6-11,18H,5,12-17H2,1-2H3. The highest BCUT2D eigenvalue weighted by atomic mass is 19.1. The summed E-state index contributed by atoms with van der Waals surface area (Å²) in [5.41, 5.74) is 1.30. The van der Waals surface area contributed by atoms with Gasteiger partial charge in [-0.3, -0.25) is 14.5 Å². The second-order valence-electron chi connectivity index (χ2n) is 8.43. The highest BCUT2D eigenvalue weighted by molar-refractivity contribution is 6.35. The van der Waals surface area contributed by atoms with Crippen LogP contribution in [-0.2, 0) is 14.3 Å². The lowest BCUT2D eigenvalue weighted by Crippen LogP contribution is -2.48. The van der Waals surface area contributed by atoms with Crippen LogP contribution in [0, 0.1) is 5.82 Å². The summed E-state index contributed by atoms with van der Waals surface area (Å²) in [6.07, 6.45) is 2.41. The van der Waals surface area contributed by atoms with E-state index in [4.69, 9.17) is 4.74 Å². The lowest BCUT2D eigenvalue weighted by atomic mass is 10.0.